The van der Waals surface area contributed by atoms with Crippen LogP contribution in [0, 0.1) is 11.3 Å². The van der Waals surface area contributed by atoms with Gasteiger partial charge in [-0.05, 0) is 31.6 Å². The van der Waals surface area contributed by atoms with Gasteiger partial charge in [0.2, 0.25) is 5.91 Å². The Morgan fingerprint density at radius 3 is 2.75 bits per heavy atom. The van der Waals surface area contributed by atoms with Crippen LogP contribution in [0.4, 0.5) is 0 Å². The Hall–Kier alpha value is -1.40. The van der Waals surface area contributed by atoms with Crippen molar-refractivity contribution < 1.29 is 15.0 Å². The van der Waals surface area contributed by atoms with Gasteiger partial charge in [0.1, 0.15) is 0 Å². The number of hydrogen-bond acceptors (Lipinski definition) is 4. The minimum atomic E-state index is -0.567. The number of amides is 1. The molecule has 1 atom stereocenters. The summed E-state index contributed by atoms with van der Waals surface area (Å²) >= 11 is 0. The normalized spacial score (nSPS) is 28.6. The summed E-state index contributed by atoms with van der Waals surface area (Å²) in [5.74, 6) is 0.169. The van der Waals surface area contributed by atoms with Crippen molar-refractivity contribution in [2.24, 2.45) is 18.4 Å². The van der Waals surface area contributed by atoms with E-state index in [1.807, 2.05) is 13.2 Å². The van der Waals surface area contributed by atoms with E-state index >= 15 is 0 Å². The van der Waals surface area contributed by atoms with E-state index in [4.69, 9.17) is 0 Å². The Balaban J connectivity index is 1.74. The maximum Gasteiger partial charge on any atom is 0.229 e. The van der Waals surface area contributed by atoms with Crippen molar-refractivity contribution in [3.05, 3.63) is 18.0 Å². The van der Waals surface area contributed by atoms with Gasteiger partial charge in [-0.2, -0.15) is 5.10 Å². The first-order valence-electron chi connectivity index (χ1n) is 7.12. The van der Waals surface area contributed by atoms with Gasteiger partial charge in [-0.25, -0.2) is 0 Å². The number of aromatic nitrogens is 2. The Labute approximate surface area is 117 Å². The maximum atomic E-state index is 12.3. The first kappa shape index (κ1) is 13.6. The second kappa shape index (κ2) is 4.86. The fourth-order valence-electron chi connectivity index (χ4n) is 2.88. The molecule has 20 heavy (non-hydrogen) atoms. The molecule has 0 saturated heterocycles. The lowest BCUT2D eigenvalue weighted by Gasteiger charge is -2.38. The van der Waals surface area contributed by atoms with Gasteiger partial charge in [0, 0.05) is 18.8 Å². The summed E-state index contributed by atoms with van der Waals surface area (Å²) in [5, 5.41) is 26.1. The van der Waals surface area contributed by atoms with E-state index in [2.05, 4.69) is 10.4 Å². The molecule has 110 valence electrons. The van der Waals surface area contributed by atoms with Gasteiger partial charge in [0.15, 0.2) is 0 Å². The van der Waals surface area contributed by atoms with Crippen molar-refractivity contribution in [2.75, 3.05) is 6.61 Å². The molecular weight excluding hydrogens is 258 g/mol. The lowest BCUT2D eigenvalue weighted by Crippen LogP contribution is -2.44. The van der Waals surface area contributed by atoms with Gasteiger partial charge in [0.05, 0.1) is 30.4 Å². The predicted molar refractivity (Wildman–Crippen MR) is 71.6 cm³/mol. The van der Waals surface area contributed by atoms with E-state index in [0.717, 1.165) is 18.4 Å². The highest BCUT2D eigenvalue weighted by molar-refractivity contribution is 5.85. The molecule has 2 saturated carbocycles. The average molecular weight is 279 g/mol. The molecule has 6 nitrogen and oxygen atoms in total. The number of hydrogen-bond donors (Lipinski definition) is 3. The zero-order valence-electron chi connectivity index (χ0n) is 11.6. The third-order valence-electron chi connectivity index (χ3n) is 4.63. The van der Waals surface area contributed by atoms with Crippen LogP contribution < -0.4 is 5.32 Å². The molecule has 6 heteroatoms. The molecule has 0 aliphatic heterocycles. The van der Waals surface area contributed by atoms with Crippen molar-refractivity contribution in [1.82, 2.24) is 15.1 Å². The summed E-state index contributed by atoms with van der Waals surface area (Å²) in [5.41, 5.74) is 0.398. The number of rotatable bonds is 5. The summed E-state index contributed by atoms with van der Waals surface area (Å²) in [6, 6.07) is -0.122. The molecule has 3 rings (SSSR count). The monoisotopic (exact) mass is 279 g/mol. The van der Waals surface area contributed by atoms with Crippen LogP contribution in [0.2, 0.25) is 0 Å². The second-order valence-electron chi connectivity index (χ2n) is 6.22. The van der Waals surface area contributed by atoms with Crippen molar-refractivity contribution >= 4 is 5.91 Å². The Kier molecular flexibility index (Phi) is 3.30. The zero-order valence-corrected chi connectivity index (χ0v) is 11.6. The number of aliphatic hydroxyl groups excluding tert-OH is 2. The van der Waals surface area contributed by atoms with Crippen molar-refractivity contribution in [3.8, 4) is 0 Å². The predicted octanol–water partition coefficient (Wildman–Crippen LogP) is 0.121. The van der Waals surface area contributed by atoms with Crippen LogP contribution in [-0.2, 0) is 11.8 Å². The lowest BCUT2D eigenvalue weighted by molar-refractivity contribution is -0.129. The van der Waals surface area contributed by atoms with E-state index in [0.29, 0.717) is 12.8 Å². The third-order valence-corrected chi connectivity index (χ3v) is 4.63. The quantitative estimate of drug-likeness (QED) is 0.714. The third kappa shape index (κ3) is 2.33. The van der Waals surface area contributed by atoms with E-state index in [9.17, 15) is 15.0 Å². The Morgan fingerprint density at radius 2 is 2.30 bits per heavy atom. The van der Waals surface area contributed by atoms with Gasteiger partial charge in [-0.1, -0.05) is 0 Å². The fraction of sp³-hybridized carbons (Fsp3) is 0.714. The van der Waals surface area contributed by atoms with Crippen molar-refractivity contribution in [1.29, 1.82) is 0 Å². The molecule has 2 aliphatic carbocycles. The summed E-state index contributed by atoms with van der Waals surface area (Å²) in [6.07, 6.45) is 6.30. The van der Waals surface area contributed by atoms with E-state index in [1.54, 1.807) is 10.9 Å². The zero-order chi connectivity index (χ0) is 14.3. The molecule has 3 N–H and O–H groups in total. The van der Waals surface area contributed by atoms with Crippen LogP contribution >= 0.6 is 0 Å². The topological polar surface area (TPSA) is 87.4 Å². The van der Waals surface area contributed by atoms with Crippen LogP contribution in [-0.4, -0.2) is 38.6 Å². The van der Waals surface area contributed by atoms with E-state index in [-0.39, 0.29) is 30.6 Å². The summed E-state index contributed by atoms with van der Waals surface area (Å²) in [4.78, 5) is 12.3. The maximum absolute atomic E-state index is 12.3. The van der Waals surface area contributed by atoms with E-state index in [1.165, 1.54) is 0 Å². The molecule has 0 spiro atoms. The molecule has 0 bridgehead atoms. The minimum Gasteiger partial charge on any atom is -0.395 e. The number of carbonyl (C=O) groups is 1. The number of aryl methyl sites for hydroxylation is 1. The highest BCUT2D eigenvalue weighted by Crippen LogP contribution is 2.46. The SMILES string of the molecule is Cn1cc([C@@H](NC(=O)C2(CO)CC2)C2CC(O)C2)cn1. The van der Waals surface area contributed by atoms with Crippen LogP contribution in [0.15, 0.2) is 12.4 Å². The second-order valence-corrected chi connectivity index (χ2v) is 6.22. The lowest BCUT2D eigenvalue weighted by atomic mass is 9.75. The van der Waals surface area contributed by atoms with Crippen molar-refractivity contribution in [3.63, 3.8) is 0 Å². The fourth-order valence-corrected chi connectivity index (χ4v) is 2.88. The molecule has 1 aromatic heterocycles. The number of nitrogens with zero attached hydrogens (tertiary/aromatic N) is 2. The van der Waals surface area contributed by atoms with Crippen LogP contribution in [0.1, 0.15) is 37.3 Å². The number of carbonyl (C=O) groups excluding carboxylic acids is 1. The summed E-state index contributed by atoms with van der Waals surface area (Å²) in [7, 11) is 1.84. The molecule has 0 radical (unpaired) electrons. The average Bonchev–Trinajstić information content (AvgIpc) is 3.09. The van der Waals surface area contributed by atoms with Gasteiger partial charge >= 0.3 is 0 Å². The molecule has 0 unspecified atom stereocenters. The summed E-state index contributed by atoms with van der Waals surface area (Å²) in [6.45, 7) is -0.0914. The van der Waals surface area contributed by atoms with Gasteiger partial charge in [0.25, 0.3) is 0 Å². The van der Waals surface area contributed by atoms with Crippen LogP contribution in [0.25, 0.3) is 0 Å². The van der Waals surface area contributed by atoms with Crippen molar-refractivity contribution in [2.45, 2.75) is 37.8 Å². The standard InChI is InChI=1S/C14H21N3O3/c1-17-7-10(6-15-17)12(9-4-11(19)5-9)16-13(20)14(8-18)2-3-14/h6-7,9,11-12,18-19H,2-5,8H2,1H3,(H,16,20)/t9?,11?,12-/m0/s1. The molecule has 0 aromatic carbocycles. The first-order chi connectivity index (χ1) is 9.54. The molecule has 1 amide bonds. The summed E-state index contributed by atoms with van der Waals surface area (Å²) < 4.78 is 1.71. The Morgan fingerprint density at radius 1 is 1.60 bits per heavy atom. The molecule has 1 heterocycles. The first-order valence-corrected chi connectivity index (χ1v) is 7.12. The van der Waals surface area contributed by atoms with Crippen LogP contribution in [0.3, 0.4) is 0 Å². The van der Waals surface area contributed by atoms with Gasteiger partial charge in [-0.15, -0.1) is 0 Å². The molecule has 2 fully saturated rings. The van der Waals surface area contributed by atoms with Crippen LogP contribution in [0.5, 0.6) is 0 Å². The molecular formula is C14H21N3O3. The van der Waals surface area contributed by atoms with Gasteiger partial charge < -0.3 is 15.5 Å². The van der Waals surface area contributed by atoms with E-state index < -0.39 is 5.41 Å². The number of aliphatic hydroxyl groups is 2. The minimum absolute atomic E-state index is 0.0738. The highest BCUT2D eigenvalue weighted by atomic mass is 16.3. The molecule has 2 aliphatic rings. The number of nitrogens with one attached hydrogen (secondary N) is 1. The van der Waals surface area contributed by atoms with Gasteiger partial charge in [-0.3, -0.25) is 9.48 Å². The smallest absolute Gasteiger partial charge is 0.229 e. The Bertz CT molecular complexity index is 504. The molecule has 1 aromatic rings. The highest BCUT2D eigenvalue weighted by Gasteiger charge is 2.50. The largest absolute Gasteiger partial charge is 0.395 e.